The summed E-state index contributed by atoms with van der Waals surface area (Å²) in [6, 6.07) is 5.42. The van der Waals surface area contributed by atoms with Crippen LogP contribution in [0.3, 0.4) is 0 Å². The predicted molar refractivity (Wildman–Crippen MR) is 77.4 cm³/mol. The number of benzene rings is 1. The zero-order valence-corrected chi connectivity index (χ0v) is 11.8. The SMILES string of the molecule is COCC(C)CNc1ccc(N2CCCC2)c(F)c1. The van der Waals surface area contributed by atoms with Crippen LogP contribution in [0.1, 0.15) is 19.8 Å². The summed E-state index contributed by atoms with van der Waals surface area (Å²) in [4.78, 5) is 2.12. The molecule has 0 bridgehead atoms. The predicted octanol–water partition coefficient (Wildman–Crippen LogP) is 3.12. The summed E-state index contributed by atoms with van der Waals surface area (Å²) in [6.45, 7) is 5.53. The average molecular weight is 266 g/mol. The number of rotatable bonds is 6. The summed E-state index contributed by atoms with van der Waals surface area (Å²) in [5.41, 5.74) is 1.57. The van der Waals surface area contributed by atoms with Crippen LogP contribution in [0.5, 0.6) is 0 Å². The highest BCUT2D eigenvalue weighted by atomic mass is 19.1. The fraction of sp³-hybridized carbons (Fsp3) is 0.600. The average Bonchev–Trinajstić information content (AvgIpc) is 2.90. The first kappa shape index (κ1) is 14.1. The molecule has 1 aliphatic rings. The van der Waals surface area contributed by atoms with Crippen molar-refractivity contribution < 1.29 is 9.13 Å². The van der Waals surface area contributed by atoms with E-state index < -0.39 is 0 Å². The molecule has 3 nitrogen and oxygen atoms in total. The molecule has 0 radical (unpaired) electrons. The van der Waals surface area contributed by atoms with E-state index in [2.05, 4.69) is 17.1 Å². The van der Waals surface area contributed by atoms with Crippen LogP contribution in [0.15, 0.2) is 18.2 Å². The molecule has 2 rings (SSSR count). The summed E-state index contributed by atoms with van der Waals surface area (Å²) in [5.74, 6) is 0.276. The number of nitrogens with one attached hydrogen (secondary N) is 1. The Morgan fingerprint density at radius 3 is 2.74 bits per heavy atom. The number of hydrogen-bond donors (Lipinski definition) is 1. The van der Waals surface area contributed by atoms with Crippen molar-refractivity contribution in [2.45, 2.75) is 19.8 Å². The van der Waals surface area contributed by atoms with Crippen LogP contribution in [0.2, 0.25) is 0 Å². The summed E-state index contributed by atoms with van der Waals surface area (Å²) in [6.07, 6.45) is 2.32. The molecule has 1 unspecified atom stereocenters. The van der Waals surface area contributed by atoms with E-state index in [9.17, 15) is 4.39 Å². The minimum Gasteiger partial charge on any atom is -0.385 e. The fourth-order valence-corrected chi connectivity index (χ4v) is 2.47. The van der Waals surface area contributed by atoms with Gasteiger partial charge in [0.25, 0.3) is 0 Å². The molecule has 4 heteroatoms. The van der Waals surface area contributed by atoms with Gasteiger partial charge in [0.05, 0.1) is 12.3 Å². The molecule has 0 aliphatic carbocycles. The molecule has 1 heterocycles. The molecule has 1 aromatic rings. The van der Waals surface area contributed by atoms with Crippen LogP contribution in [0.4, 0.5) is 15.8 Å². The minimum atomic E-state index is -0.133. The Morgan fingerprint density at radius 1 is 1.37 bits per heavy atom. The van der Waals surface area contributed by atoms with Crippen molar-refractivity contribution >= 4 is 11.4 Å². The van der Waals surface area contributed by atoms with Crippen molar-refractivity contribution in [2.75, 3.05) is 43.6 Å². The molecule has 1 fully saturated rings. The molecule has 1 N–H and O–H groups in total. The zero-order chi connectivity index (χ0) is 13.7. The Bertz CT molecular complexity index is 405. The van der Waals surface area contributed by atoms with E-state index in [1.165, 1.54) is 0 Å². The molecule has 1 saturated heterocycles. The van der Waals surface area contributed by atoms with Crippen molar-refractivity contribution in [3.05, 3.63) is 24.0 Å². The van der Waals surface area contributed by atoms with Gasteiger partial charge in [-0.3, -0.25) is 0 Å². The van der Waals surface area contributed by atoms with Crippen LogP contribution in [-0.2, 0) is 4.74 Å². The third-order valence-electron chi connectivity index (χ3n) is 3.50. The number of halogens is 1. The van der Waals surface area contributed by atoms with Gasteiger partial charge in [0.1, 0.15) is 5.82 Å². The molecule has 1 aromatic carbocycles. The Hall–Kier alpha value is -1.29. The van der Waals surface area contributed by atoms with E-state index in [-0.39, 0.29) is 5.82 Å². The van der Waals surface area contributed by atoms with Crippen LogP contribution < -0.4 is 10.2 Å². The molecular formula is C15H23FN2O. The van der Waals surface area contributed by atoms with Gasteiger partial charge in [0.15, 0.2) is 0 Å². The molecule has 106 valence electrons. The van der Waals surface area contributed by atoms with Gasteiger partial charge in [-0.05, 0) is 37.0 Å². The second-order valence-electron chi connectivity index (χ2n) is 5.30. The number of anilines is 2. The minimum absolute atomic E-state index is 0.133. The van der Waals surface area contributed by atoms with Gasteiger partial charge >= 0.3 is 0 Å². The Balaban J connectivity index is 1.94. The molecule has 19 heavy (non-hydrogen) atoms. The highest BCUT2D eigenvalue weighted by molar-refractivity contribution is 5.56. The van der Waals surface area contributed by atoms with Crippen LogP contribution in [0, 0.1) is 11.7 Å². The molecule has 0 aromatic heterocycles. The van der Waals surface area contributed by atoms with Crippen LogP contribution >= 0.6 is 0 Å². The number of ether oxygens (including phenoxy) is 1. The molecule has 0 amide bonds. The van der Waals surface area contributed by atoms with E-state index in [0.717, 1.165) is 43.9 Å². The maximum Gasteiger partial charge on any atom is 0.148 e. The first-order valence-electron chi connectivity index (χ1n) is 6.98. The molecule has 1 aliphatic heterocycles. The Morgan fingerprint density at radius 2 is 2.11 bits per heavy atom. The van der Waals surface area contributed by atoms with E-state index in [1.54, 1.807) is 13.2 Å². The van der Waals surface area contributed by atoms with Crippen molar-refractivity contribution in [1.29, 1.82) is 0 Å². The Labute approximate surface area is 114 Å². The second kappa shape index (κ2) is 6.75. The van der Waals surface area contributed by atoms with Crippen molar-refractivity contribution in [3.8, 4) is 0 Å². The van der Waals surface area contributed by atoms with Gasteiger partial charge in [-0.15, -0.1) is 0 Å². The number of hydrogen-bond acceptors (Lipinski definition) is 3. The molecule has 0 spiro atoms. The standard InChI is InChI=1S/C15H23FN2O/c1-12(11-19-2)10-17-13-5-6-15(14(16)9-13)18-7-3-4-8-18/h5-6,9,12,17H,3-4,7-8,10-11H2,1-2H3. The third-order valence-corrected chi connectivity index (χ3v) is 3.50. The molecule has 1 atom stereocenters. The highest BCUT2D eigenvalue weighted by Gasteiger charge is 2.16. The van der Waals surface area contributed by atoms with Gasteiger partial charge in [-0.1, -0.05) is 6.92 Å². The van der Waals surface area contributed by atoms with E-state index in [4.69, 9.17) is 4.74 Å². The lowest BCUT2D eigenvalue weighted by molar-refractivity contribution is 0.164. The van der Waals surface area contributed by atoms with E-state index >= 15 is 0 Å². The van der Waals surface area contributed by atoms with Crippen molar-refractivity contribution in [3.63, 3.8) is 0 Å². The number of methoxy groups -OCH3 is 1. The highest BCUT2D eigenvalue weighted by Crippen LogP contribution is 2.26. The van der Waals surface area contributed by atoms with Gasteiger partial charge in [0.2, 0.25) is 0 Å². The quantitative estimate of drug-likeness (QED) is 0.856. The zero-order valence-electron chi connectivity index (χ0n) is 11.8. The number of nitrogens with zero attached hydrogens (tertiary/aromatic N) is 1. The maximum absolute atomic E-state index is 14.1. The monoisotopic (exact) mass is 266 g/mol. The Kier molecular flexibility index (Phi) is 5.02. The second-order valence-corrected chi connectivity index (χ2v) is 5.30. The van der Waals surface area contributed by atoms with Crippen LogP contribution in [-0.4, -0.2) is 33.4 Å². The van der Waals surface area contributed by atoms with E-state index in [1.807, 2.05) is 12.1 Å². The lowest BCUT2D eigenvalue weighted by Gasteiger charge is -2.19. The van der Waals surface area contributed by atoms with Gasteiger partial charge < -0.3 is 15.0 Å². The van der Waals surface area contributed by atoms with Gasteiger partial charge in [-0.2, -0.15) is 0 Å². The molecular weight excluding hydrogens is 243 g/mol. The smallest absolute Gasteiger partial charge is 0.148 e. The van der Waals surface area contributed by atoms with Crippen molar-refractivity contribution in [2.24, 2.45) is 5.92 Å². The van der Waals surface area contributed by atoms with Crippen molar-refractivity contribution in [1.82, 2.24) is 0 Å². The van der Waals surface area contributed by atoms with Crippen LogP contribution in [0.25, 0.3) is 0 Å². The first-order chi connectivity index (χ1) is 9.20. The summed E-state index contributed by atoms with van der Waals surface area (Å²) in [7, 11) is 1.70. The summed E-state index contributed by atoms with van der Waals surface area (Å²) >= 11 is 0. The normalized spacial score (nSPS) is 16.7. The topological polar surface area (TPSA) is 24.5 Å². The fourth-order valence-electron chi connectivity index (χ4n) is 2.47. The lowest BCUT2D eigenvalue weighted by atomic mass is 10.2. The lowest BCUT2D eigenvalue weighted by Crippen LogP contribution is -2.19. The first-order valence-corrected chi connectivity index (χ1v) is 6.98. The van der Waals surface area contributed by atoms with E-state index in [0.29, 0.717) is 12.5 Å². The molecule has 0 saturated carbocycles. The largest absolute Gasteiger partial charge is 0.385 e. The van der Waals surface area contributed by atoms with Gasteiger partial charge in [0, 0.05) is 32.4 Å². The third kappa shape index (κ3) is 3.83. The summed E-state index contributed by atoms with van der Waals surface area (Å²) in [5, 5.41) is 3.25. The summed E-state index contributed by atoms with van der Waals surface area (Å²) < 4.78 is 19.1. The maximum atomic E-state index is 14.1. The van der Waals surface area contributed by atoms with Gasteiger partial charge in [-0.25, -0.2) is 4.39 Å².